The van der Waals surface area contributed by atoms with Crippen LogP contribution in [-0.4, -0.2) is 24.5 Å². The number of terminal acetylenes is 1. The smallest absolute Gasteiger partial charge is 0.0635 e. The SMILES string of the molecule is C#CCN(CCC#N)CC(C)C. The van der Waals surface area contributed by atoms with Gasteiger partial charge in [-0.05, 0) is 5.92 Å². The lowest BCUT2D eigenvalue weighted by Gasteiger charge is -2.20. The minimum Gasteiger partial charge on any atom is -0.291 e. The van der Waals surface area contributed by atoms with Crippen LogP contribution in [-0.2, 0) is 0 Å². The maximum atomic E-state index is 8.39. The molecule has 0 spiro atoms. The Morgan fingerprint density at radius 3 is 2.58 bits per heavy atom. The molecule has 2 heteroatoms. The van der Waals surface area contributed by atoms with Gasteiger partial charge in [0.25, 0.3) is 0 Å². The molecule has 0 aromatic rings. The van der Waals surface area contributed by atoms with Crippen LogP contribution in [0.1, 0.15) is 20.3 Å². The highest BCUT2D eigenvalue weighted by Gasteiger charge is 2.04. The highest BCUT2D eigenvalue weighted by Crippen LogP contribution is 1.98. The highest BCUT2D eigenvalue weighted by atomic mass is 15.1. The van der Waals surface area contributed by atoms with E-state index in [9.17, 15) is 0 Å². The molecule has 0 radical (unpaired) electrons. The molecule has 2 nitrogen and oxygen atoms in total. The fourth-order valence-corrected chi connectivity index (χ4v) is 1.09. The van der Waals surface area contributed by atoms with Gasteiger partial charge in [0.1, 0.15) is 0 Å². The Balaban J connectivity index is 3.73. The standard InChI is InChI=1S/C10H16N2/c1-4-7-12(8-5-6-11)9-10(2)3/h1,10H,5,7-9H2,2-3H3. The Morgan fingerprint density at radius 1 is 1.50 bits per heavy atom. The van der Waals surface area contributed by atoms with Crippen molar-refractivity contribution in [2.24, 2.45) is 5.92 Å². The van der Waals surface area contributed by atoms with E-state index < -0.39 is 0 Å². The summed E-state index contributed by atoms with van der Waals surface area (Å²) in [6, 6.07) is 2.12. The molecule has 0 rings (SSSR count). The third-order valence-electron chi connectivity index (χ3n) is 1.48. The topological polar surface area (TPSA) is 27.0 Å². The van der Waals surface area contributed by atoms with Gasteiger partial charge in [0, 0.05) is 19.5 Å². The second-order valence-electron chi connectivity index (χ2n) is 3.24. The predicted octanol–water partition coefficient (Wildman–Crippen LogP) is 1.49. The second-order valence-corrected chi connectivity index (χ2v) is 3.24. The molecule has 0 fully saturated rings. The van der Waals surface area contributed by atoms with Gasteiger partial charge < -0.3 is 0 Å². The normalized spacial score (nSPS) is 9.83. The van der Waals surface area contributed by atoms with Gasteiger partial charge in [-0.15, -0.1) is 6.42 Å². The molecule has 0 amide bonds. The number of hydrogen-bond donors (Lipinski definition) is 0. The Kier molecular flexibility index (Phi) is 6.15. The van der Waals surface area contributed by atoms with Crippen molar-refractivity contribution in [1.29, 1.82) is 5.26 Å². The molecule has 0 bridgehead atoms. The van der Waals surface area contributed by atoms with Crippen LogP contribution in [0.15, 0.2) is 0 Å². The molecule has 0 N–H and O–H groups in total. The van der Waals surface area contributed by atoms with E-state index in [1.54, 1.807) is 0 Å². The van der Waals surface area contributed by atoms with Gasteiger partial charge in [-0.1, -0.05) is 19.8 Å². The minimum atomic E-state index is 0.564. The van der Waals surface area contributed by atoms with E-state index in [0.717, 1.165) is 13.1 Å². The average Bonchev–Trinajstić information content (AvgIpc) is 2.00. The van der Waals surface area contributed by atoms with Crippen LogP contribution in [0.4, 0.5) is 0 Å². The van der Waals surface area contributed by atoms with Gasteiger partial charge in [-0.25, -0.2) is 0 Å². The molecule has 12 heavy (non-hydrogen) atoms. The van der Waals surface area contributed by atoms with Gasteiger partial charge in [-0.2, -0.15) is 5.26 Å². The Labute approximate surface area is 75.2 Å². The van der Waals surface area contributed by atoms with E-state index in [-0.39, 0.29) is 0 Å². The van der Waals surface area contributed by atoms with Crippen LogP contribution >= 0.6 is 0 Å². The first-order valence-electron chi connectivity index (χ1n) is 4.23. The highest BCUT2D eigenvalue weighted by molar-refractivity contribution is 4.89. The lowest BCUT2D eigenvalue weighted by atomic mass is 10.2. The van der Waals surface area contributed by atoms with Crippen molar-refractivity contribution in [1.82, 2.24) is 4.90 Å². The van der Waals surface area contributed by atoms with Crippen LogP contribution in [0.3, 0.4) is 0 Å². The van der Waals surface area contributed by atoms with Crippen molar-refractivity contribution < 1.29 is 0 Å². The van der Waals surface area contributed by atoms with Gasteiger partial charge in [0.05, 0.1) is 12.6 Å². The molecule has 0 saturated carbocycles. The molecule has 66 valence electrons. The zero-order valence-corrected chi connectivity index (χ0v) is 7.88. The van der Waals surface area contributed by atoms with E-state index in [1.807, 2.05) is 0 Å². The van der Waals surface area contributed by atoms with E-state index in [4.69, 9.17) is 11.7 Å². The largest absolute Gasteiger partial charge is 0.291 e. The summed E-state index contributed by atoms with van der Waals surface area (Å²) in [5, 5.41) is 8.39. The number of hydrogen-bond acceptors (Lipinski definition) is 2. The lowest BCUT2D eigenvalue weighted by molar-refractivity contribution is 0.278. The van der Waals surface area contributed by atoms with Crippen LogP contribution in [0.5, 0.6) is 0 Å². The Morgan fingerprint density at radius 2 is 2.17 bits per heavy atom. The summed E-state index contributed by atoms with van der Waals surface area (Å²) in [4.78, 5) is 2.13. The van der Waals surface area contributed by atoms with E-state index in [1.165, 1.54) is 0 Å². The summed E-state index contributed by atoms with van der Waals surface area (Å²) in [7, 11) is 0. The molecule has 0 aromatic heterocycles. The Hall–Kier alpha value is -0.990. The molecule has 0 aliphatic heterocycles. The monoisotopic (exact) mass is 164 g/mol. The minimum absolute atomic E-state index is 0.564. The summed E-state index contributed by atoms with van der Waals surface area (Å²) in [5.74, 6) is 3.21. The van der Waals surface area contributed by atoms with Crippen molar-refractivity contribution in [3.05, 3.63) is 0 Å². The van der Waals surface area contributed by atoms with Crippen molar-refractivity contribution in [3.8, 4) is 18.4 Å². The first kappa shape index (κ1) is 11.0. The van der Waals surface area contributed by atoms with Crippen molar-refractivity contribution >= 4 is 0 Å². The predicted molar refractivity (Wildman–Crippen MR) is 50.3 cm³/mol. The van der Waals surface area contributed by atoms with Gasteiger partial charge >= 0.3 is 0 Å². The number of nitriles is 1. The van der Waals surface area contributed by atoms with Crippen LogP contribution < -0.4 is 0 Å². The third-order valence-corrected chi connectivity index (χ3v) is 1.48. The maximum Gasteiger partial charge on any atom is 0.0635 e. The first-order chi connectivity index (χ1) is 5.70. The van der Waals surface area contributed by atoms with Gasteiger partial charge in [0.2, 0.25) is 0 Å². The summed E-state index contributed by atoms with van der Waals surface area (Å²) in [6.07, 6.45) is 5.77. The lowest BCUT2D eigenvalue weighted by Crippen LogP contribution is -2.29. The number of nitrogens with zero attached hydrogens (tertiary/aromatic N) is 2. The first-order valence-corrected chi connectivity index (χ1v) is 4.23. The van der Waals surface area contributed by atoms with Crippen molar-refractivity contribution in [2.45, 2.75) is 20.3 Å². The van der Waals surface area contributed by atoms with Crippen molar-refractivity contribution in [3.63, 3.8) is 0 Å². The molecule has 0 aromatic carbocycles. The quantitative estimate of drug-likeness (QED) is 0.576. The van der Waals surface area contributed by atoms with Crippen LogP contribution in [0.2, 0.25) is 0 Å². The van der Waals surface area contributed by atoms with Crippen LogP contribution in [0.25, 0.3) is 0 Å². The Bertz CT molecular complexity index is 183. The van der Waals surface area contributed by atoms with Crippen molar-refractivity contribution in [2.75, 3.05) is 19.6 Å². The average molecular weight is 164 g/mol. The van der Waals surface area contributed by atoms with Gasteiger partial charge in [-0.3, -0.25) is 4.90 Å². The maximum absolute atomic E-state index is 8.39. The number of rotatable bonds is 5. The molecule has 0 unspecified atom stereocenters. The van der Waals surface area contributed by atoms with E-state index in [2.05, 4.69) is 30.7 Å². The molecule has 0 heterocycles. The second kappa shape index (κ2) is 6.70. The molecule has 0 atom stereocenters. The molecular weight excluding hydrogens is 148 g/mol. The zero-order valence-electron chi connectivity index (χ0n) is 7.88. The third kappa shape index (κ3) is 5.77. The zero-order chi connectivity index (χ0) is 9.40. The summed E-state index contributed by atoms with van der Waals surface area (Å²) in [6.45, 7) is 6.72. The summed E-state index contributed by atoms with van der Waals surface area (Å²) < 4.78 is 0. The molecule has 0 aliphatic carbocycles. The van der Waals surface area contributed by atoms with Crippen LogP contribution in [0, 0.1) is 29.6 Å². The van der Waals surface area contributed by atoms with E-state index >= 15 is 0 Å². The fourth-order valence-electron chi connectivity index (χ4n) is 1.09. The van der Waals surface area contributed by atoms with E-state index in [0.29, 0.717) is 18.9 Å². The molecular formula is C10H16N2. The molecule has 0 aliphatic rings. The summed E-state index contributed by atoms with van der Waals surface area (Å²) in [5.41, 5.74) is 0. The summed E-state index contributed by atoms with van der Waals surface area (Å²) >= 11 is 0. The molecule has 0 saturated heterocycles. The fraction of sp³-hybridized carbons (Fsp3) is 0.700. The van der Waals surface area contributed by atoms with Gasteiger partial charge in [0.15, 0.2) is 0 Å².